The Kier molecular flexibility index (Phi) is 3.62. The highest BCUT2D eigenvalue weighted by molar-refractivity contribution is 5.99. The van der Waals surface area contributed by atoms with Gasteiger partial charge in [0.25, 0.3) is 0 Å². The Morgan fingerprint density at radius 2 is 1.62 bits per heavy atom. The molecule has 1 aromatic carbocycles. The smallest absolute Gasteiger partial charge is 0.339 e. The van der Waals surface area contributed by atoms with Gasteiger partial charge in [0.2, 0.25) is 0 Å². The number of carbonyl (C=O) groups is 2. The Bertz CT molecular complexity index is 439. The molecule has 1 rings (SSSR count). The summed E-state index contributed by atoms with van der Waals surface area (Å²) in [5, 5.41) is 8.91. The highest BCUT2D eigenvalue weighted by atomic mass is 16.5. The van der Waals surface area contributed by atoms with E-state index in [2.05, 4.69) is 15.5 Å². The lowest BCUT2D eigenvalue weighted by atomic mass is 10.0. The lowest BCUT2D eigenvalue weighted by molar-refractivity contribution is 0.0598. The molecule has 0 saturated heterocycles. The molecular weight excluding hydrogens is 210 g/mol. The van der Waals surface area contributed by atoms with Gasteiger partial charge < -0.3 is 9.47 Å². The van der Waals surface area contributed by atoms with Crippen molar-refractivity contribution in [1.29, 1.82) is 5.26 Å². The highest BCUT2D eigenvalue weighted by Crippen LogP contribution is 2.15. The lowest BCUT2D eigenvalue weighted by Crippen LogP contribution is -2.10. The van der Waals surface area contributed by atoms with Crippen LogP contribution in [0, 0.1) is 17.4 Å². The fraction of sp³-hybridized carbons (Fsp3) is 0.182. The lowest BCUT2D eigenvalue weighted by Gasteiger charge is -2.05. The van der Waals surface area contributed by atoms with Gasteiger partial charge in [-0.2, -0.15) is 5.26 Å². The van der Waals surface area contributed by atoms with Crippen molar-refractivity contribution in [2.24, 2.45) is 0 Å². The minimum absolute atomic E-state index is 0.00657. The quantitative estimate of drug-likeness (QED) is 0.690. The fourth-order valence-corrected chi connectivity index (χ4v) is 1.16. The van der Waals surface area contributed by atoms with Crippen LogP contribution in [0.25, 0.3) is 0 Å². The molecule has 0 amide bonds. The third-order valence-corrected chi connectivity index (χ3v) is 1.92. The predicted molar refractivity (Wildman–Crippen MR) is 52.7 cm³/mol. The number of carbonyl (C=O) groups excluding carboxylic acids is 2. The third-order valence-electron chi connectivity index (χ3n) is 1.92. The maximum atomic E-state index is 11.3. The summed E-state index contributed by atoms with van der Waals surface area (Å²) in [6, 6.07) is 6.93. The van der Waals surface area contributed by atoms with Gasteiger partial charge in [-0.15, -0.1) is 0 Å². The Morgan fingerprint density at radius 3 is 1.94 bits per heavy atom. The van der Waals surface area contributed by atoms with Crippen LogP contribution in [-0.4, -0.2) is 26.2 Å². The van der Waals surface area contributed by atoms with Crippen molar-refractivity contribution in [3.05, 3.63) is 34.9 Å². The fourth-order valence-electron chi connectivity index (χ4n) is 1.16. The monoisotopic (exact) mass is 218 g/mol. The standard InChI is InChI=1S/C11H8NO4/c1-15-10(13)7-4-3-5-8(9(7)6-12)11(14)16-2/h4-5H,1-2H3. The van der Waals surface area contributed by atoms with Gasteiger partial charge in [-0.05, 0) is 18.2 Å². The molecule has 0 aromatic heterocycles. The van der Waals surface area contributed by atoms with E-state index in [4.69, 9.17) is 5.26 Å². The second-order valence-electron chi connectivity index (χ2n) is 2.75. The zero-order valence-electron chi connectivity index (χ0n) is 8.73. The van der Waals surface area contributed by atoms with Crippen molar-refractivity contribution in [2.75, 3.05) is 14.2 Å². The van der Waals surface area contributed by atoms with E-state index < -0.39 is 11.9 Å². The molecule has 1 aromatic rings. The molecule has 0 saturated carbocycles. The first-order valence-electron chi connectivity index (χ1n) is 4.26. The minimum atomic E-state index is -0.696. The summed E-state index contributed by atoms with van der Waals surface area (Å²) in [6.45, 7) is 0. The summed E-state index contributed by atoms with van der Waals surface area (Å²) in [5.41, 5.74) is -0.0850. The highest BCUT2D eigenvalue weighted by Gasteiger charge is 2.19. The molecule has 0 aliphatic heterocycles. The molecule has 0 unspecified atom stereocenters. The number of methoxy groups -OCH3 is 2. The molecule has 0 N–H and O–H groups in total. The molecule has 5 heteroatoms. The van der Waals surface area contributed by atoms with E-state index in [0.717, 1.165) is 0 Å². The van der Waals surface area contributed by atoms with Gasteiger partial charge in [-0.1, -0.05) is 0 Å². The molecule has 0 spiro atoms. The zero-order chi connectivity index (χ0) is 12.1. The topological polar surface area (TPSA) is 76.4 Å². The van der Waals surface area contributed by atoms with Gasteiger partial charge >= 0.3 is 11.9 Å². The summed E-state index contributed by atoms with van der Waals surface area (Å²) in [4.78, 5) is 22.6. The molecule has 0 aliphatic carbocycles. The number of nitriles is 1. The van der Waals surface area contributed by atoms with Gasteiger partial charge in [-0.25, -0.2) is 9.59 Å². The number of hydrogen-bond acceptors (Lipinski definition) is 5. The van der Waals surface area contributed by atoms with E-state index in [9.17, 15) is 9.59 Å². The first-order valence-corrected chi connectivity index (χ1v) is 4.26. The van der Waals surface area contributed by atoms with Crippen LogP contribution in [-0.2, 0) is 9.47 Å². The number of ether oxygens (including phenoxy) is 2. The van der Waals surface area contributed by atoms with E-state index in [-0.39, 0.29) is 16.7 Å². The average molecular weight is 218 g/mol. The van der Waals surface area contributed by atoms with Crippen LogP contribution >= 0.6 is 0 Å². The molecule has 81 valence electrons. The Balaban J connectivity index is 3.39. The van der Waals surface area contributed by atoms with Crippen LogP contribution in [0.4, 0.5) is 0 Å². The van der Waals surface area contributed by atoms with Crippen molar-refractivity contribution >= 4 is 11.9 Å². The van der Waals surface area contributed by atoms with Crippen LogP contribution in [0.15, 0.2) is 12.1 Å². The van der Waals surface area contributed by atoms with Crippen molar-refractivity contribution in [3.63, 3.8) is 0 Å². The largest absolute Gasteiger partial charge is 0.465 e. The molecule has 5 nitrogen and oxygen atoms in total. The van der Waals surface area contributed by atoms with Gasteiger partial charge in [0.05, 0.1) is 30.9 Å². The van der Waals surface area contributed by atoms with E-state index in [1.54, 1.807) is 6.07 Å². The van der Waals surface area contributed by atoms with E-state index in [0.29, 0.717) is 0 Å². The maximum Gasteiger partial charge on any atom is 0.339 e. The van der Waals surface area contributed by atoms with Crippen molar-refractivity contribution in [3.8, 4) is 6.07 Å². The van der Waals surface area contributed by atoms with E-state index >= 15 is 0 Å². The van der Waals surface area contributed by atoms with Gasteiger partial charge in [0.15, 0.2) is 0 Å². The number of esters is 2. The van der Waals surface area contributed by atoms with Crippen molar-refractivity contribution in [1.82, 2.24) is 0 Å². The van der Waals surface area contributed by atoms with Crippen molar-refractivity contribution < 1.29 is 19.1 Å². The van der Waals surface area contributed by atoms with Crippen LogP contribution in [0.5, 0.6) is 0 Å². The first kappa shape index (κ1) is 11.7. The predicted octanol–water partition coefficient (Wildman–Crippen LogP) is 0.932. The van der Waals surface area contributed by atoms with Crippen LogP contribution in [0.2, 0.25) is 0 Å². The van der Waals surface area contributed by atoms with Crippen LogP contribution in [0.1, 0.15) is 26.3 Å². The third kappa shape index (κ3) is 2.01. The molecular formula is C11H8NO4. The molecule has 0 heterocycles. The number of nitrogens with zero attached hydrogens (tertiary/aromatic N) is 1. The van der Waals surface area contributed by atoms with Crippen LogP contribution in [0.3, 0.4) is 0 Å². The van der Waals surface area contributed by atoms with Gasteiger partial charge in [0, 0.05) is 0 Å². The molecule has 0 atom stereocenters. The number of rotatable bonds is 2. The number of benzene rings is 1. The first-order chi connectivity index (χ1) is 7.65. The molecule has 0 aliphatic rings. The summed E-state index contributed by atoms with van der Waals surface area (Å²) in [5.74, 6) is -1.39. The molecule has 0 fully saturated rings. The summed E-state index contributed by atoms with van der Waals surface area (Å²) in [7, 11) is 2.38. The number of hydrogen-bond donors (Lipinski definition) is 0. The van der Waals surface area contributed by atoms with Crippen molar-refractivity contribution in [2.45, 2.75) is 0 Å². The minimum Gasteiger partial charge on any atom is -0.465 e. The Morgan fingerprint density at radius 1 is 1.19 bits per heavy atom. The Hall–Kier alpha value is -2.35. The SMILES string of the molecule is COC(=O)c1c[c]cc(C(=O)OC)c1C#N. The average Bonchev–Trinajstić information content (AvgIpc) is 2.35. The summed E-state index contributed by atoms with van der Waals surface area (Å²) < 4.78 is 8.97. The maximum absolute atomic E-state index is 11.3. The molecule has 1 radical (unpaired) electrons. The molecule has 0 bridgehead atoms. The Labute approximate surface area is 92.2 Å². The second kappa shape index (κ2) is 4.94. The van der Waals surface area contributed by atoms with Crippen LogP contribution < -0.4 is 0 Å². The van der Waals surface area contributed by atoms with Gasteiger partial charge in [0.1, 0.15) is 6.07 Å². The zero-order valence-corrected chi connectivity index (χ0v) is 8.73. The second-order valence-corrected chi connectivity index (χ2v) is 2.75. The van der Waals surface area contributed by atoms with E-state index in [1.807, 2.05) is 0 Å². The molecule has 16 heavy (non-hydrogen) atoms. The summed E-state index contributed by atoms with van der Waals surface area (Å²) in [6.07, 6.45) is 0. The van der Waals surface area contributed by atoms with Gasteiger partial charge in [-0.3, -0.25) is 0 Å². The normalized spacial score (nSPS) is 9.06. The van der Waals surface area contributed by atoms with E-state index in [1.165, 1.54) is 26.4 Å². The summed E-state index contributed by atoms with van der Waals surface area (Å²) >= 11 is 0.